The predicted octanol–water partition coefficient (Wildman–Crippen LogP) is 1.83. The fraction of sp³-hybridized carbons (Fsp3) is 0.417. The first-order valence-electron chi connectivity index (χ1n) is 6.07. The van der Waals surface area contributed by atoms with Crippen molar-refractivity contribution in [3.8, 4) is 5.69 Å². The van der Waals surface area contributed by atoms with Crippen molar-refractivity contribution in [3.63, 3.8) is 0 Å². The molecule has 0 bridgehead atoms. The number of hydrogen-bond acceptors (Lipinski definition) is 5. The first-order valence-corrected chi connectivity index (χ1v) is 7.22. The first kappa shape index (κ1) is 11.5. The highest BCUT2D eigenvalue weighted by Crippen LogP contribution is 2.24. The van der Waals surface area contributed by atoms with Gasteiger partial charge in [0.05, 0.1) is 5.69 Å². The van der Waals surface area contributed by atoms with Gasteiger partial charge in [-0.3, -0.25) is 0 Å². The van der Waals surface area contributed by atoms with E-state index in [-0.39, 0.29) is 0 Å². The van der Waals surface area contributed by atoms with Crippen LogP contribution in [0.25, 0.3) is 5.69 Å². The van der Waals surface area contributed by atoms with Gasteiger partial charge in [0.25, 0.3) is 0 Å². The number of rotatable bonds is 4. The Morgan fingerprint density at radius 1 is 1.44 bits per heavy atom. The average molecular weight is 261 g/mol. The molecule has 6 heteroatoms. The molecule has 1 aromatic carbocycles. The Kier molecular flexibility index (Phi) is 3.45. The van der Waals surface area contributed by atoms with Crippen LogP contribution in [0.5, 0.6) is 0 Å². The number of anilines is 1. The molecule has 5 nitrogen and oxygen atoms in total. The van der Waals surface area contributed by atoms with Gasteiger partial charge in [-0.15, -0.1) is 5.10 Å². The number of benzene rings is 1. The van der Waals surface area contributed by atoms with Crippen LogP contribution in [-0.2, 0) is 0 Å². The van der Waals surface area contributed by atoms with Gasteiger partial charge in [-0.25, -0.2) is 4.68 Å². The molecule has 0 amide bonds. The van der Waals surface area contributed by atoms with E-state index in [2.05, 4.69) is 33.0 Å². The van der Waals surface area contributed by atoms with Gasteiger partial charge in [0.15, 0.2) is 0 Å². The zero-order valence-corrected chi connectivity index (χ0v) is 10.8. The molecule has 1 fully saturated rings. The van der Waals surface area contributed by atoms with E-state index in [1.165, 1.54) is 17.9 Å². The molecule has 1 unspecified atom stereocenters. The predicted molar refractivity (Wildman–Crippen MR) is 73.1 cm³/mol. The summed E-state index contributed by atoms with van der Waals surface area (Å²) < 4.78 is 1.66. The summed E-state index contributed by atoms with van der Waals surface area (Å²) in [6, 6.07) is 8.16. The smallest absolute Gasteiger partial charge is 0.143 e. The van der Waals surface area contributed by atoms with E-state index in [4.69, 9.17) is 0 Å². The second-order valence-corrected chi connectivity index (χ2v) is 5.57. The molecule has 0 radical (unpaired) electrons. The maximum absolute atomic E-state index is 3.89. The Labute approximate surface area is 110 Å². The second-order valence-electron chi connectivity index (χ2n) is 4.42. The summed E-state index contributed by atoms with van der Waals surface area (Å²) in [4.78, 5) is 0. The molecule has 0 saturated carbocycles. The summed E-state index contributed by atoms with van der Waals surface area (Å²) in [6.07, 6.45) is 2.93. The molecule has 0 aliphatic carbocycles. The number of nitrogens with zero attached hydrogens (tertiary/aromatic N) is 4. The molecule has 1 aromatic heterocycles. The second kappa shape index (κ2) is 5.39. The number of tetrazole rings is 1. The largest absolute Gasteiger partial charge is 0.385 e. The van der Waals surface area contributed by atoms with Crippen LogP contribution in [0.4, 0.5) is 5.69 Å². The lowest BCUT2D eigenvalue weighted by molar-refractivity contribution is 0.632. The number of aromatic nitrogens is 4. The first-order chi connectivity index (χ1) is 8.92. The zero-order chi connectivity index (χ0) is 12.2. The van der Waals surface area contributed by atoms with Gasteiger partial charge in [0, 0.05) is 12.2 Å². The maximum atomic E-state index is 3.89. The third-order valence-electron chi connectivity index (χ3n) is 3.08. The van der Waals surface area contributed by atoms with Gasteiger partial charge in [0.2, 0.25) is 0 Å². The van der Waals surface area contributed by atoms with E-state index >= 15 is 0 Å². The lowest BCUT2D eigenvalue weighted by Crippen LogP contribution is -2.13. The quantitative estimate of drug-likeness (QED) is 0.910. The van der Waals surface area contributed by atoms with E-state index in [1.54, 1.807) is 11.0 Å². The molecule has 0 spiro atoms. The molecule has 3 rings (SSSR count). The van der Waals surface area contributed by atoms with Crippen LogP contribution in [0.15, 0.2) is 30.6 Å². The van der Waals surface area contributed by atoms with Crippen LogP contribution in [-0.4, -0.2) is 38.3 Å². The van der Waals surface area contributed by atoms with E-state index in [0.717, 1.165) is 23.8 Å². The molecular formula is C12H15N5S. The SMILES string of the molecule is c1cc(NCC2CCSC2)cc(-n2cnnn2)c1. The number of nitrogens with one attached hydrogen (secondary N) is 1. The number of thioether (sulfide) groups is 1. The topological polar surface area (TPSA) is 55.6 Å². The standard InChI is InChI=1S/C12H15N5S/c1-2-11(13-7-10-4-5-18-8-10)6-12(3-1)17-9-14-15-16-17/h1-3,6,9-10,13H,4-5,7-8H2. The normalized spacial score (nSPS) is 19.0. The highest BCUT2D eigenvalue weighted by atomic mass is 32.2. The van der Waals surface area contributed by atoms with Crippen molar-refractivity contribution in [2.24, 2.45) is 5.92 Å². The van der Waals surface area contributed by atoms with Gasteiger partial charge in [-0.2, -0.15) is 11.8 Å². The van der Waals surface area contributed by atoms with E-state index < -0.39 is 0 Å². The van der Waals surface area contributed by atoms with Gasteiger partial charge in [0.1, 0.15) is 6.33 Å². The molecule has 1 aliphatic rings. The molecule has 1 aliphatic heterocycles. The molecular weight excluding hydrogens is 246 g/mol. The van der Waals surface area contributed by atoms with Crippen molar-refractivity contribution in [1.82, 2.24) is 20.2 Å². The van der Waals surface area contributed by atoms with Crippen molar-refractivity contribution in [3.05, 3.63) is 30.6 Å². The summed E-state index contributed by atoms with van der Waals surface area (Å²) in [6.45, 7) is 1.05. The summed E-state index contributed by atoms with van der Waals surface area (Å²) in [5.74, 6) is 3.38. The molecule has 94 valence electrons. The van der Waals surface area contributed by atoms with E-state index in [0.29, 0.717) is 0 Å². The molecule has 1 N–H and O–H groups in total. The van der Waals surface area contributed by atoms with Crippen molar-refractivity contribution in [2.45, 2.75) is 6.42 Å². The van der Waals surface area contributed by atoms with Gasteiger partial charge in [-0.1, -0.05) is 6.07 Å². The van der Waals surface area contributed by atoms with Crippen LogP contribution >= 0.6 is 11.8 Å². The van der Waals surface area contributed by atoms with Crippen LogP contribution < -0.4 is 5.32 Å². The van der Waals surface area contributed by atoms with Crippen molar-refractivity contribution >= 4 is 17.4 Å². The molecule has 1 atom stereocenters. The molecule has 2 heterocycles. The molecule has 18 heavy (non-hydrogen) atoms. The minimum absolute atomic E-state index is 0.798. The number of hydrogen-bond donors (Lipinski definition) is 1. The Bertz CT molecular complexity index is 493. The third kappa shape index (κ3) is 2.64. The highest BCUT2D eigenvalue weighted by Gasteiger charge is 2.14. The van der Waals surface area contributed by atoms with Gasteiger partial charge < -0.3 is 5.32 Å². The van der Waals surface area contributed by atoms with Crippen LogP contribution in [0.1, 0.15) is 6.42 Å². The monoisotopic (exact) mass is 261 g/mol. The van der Waals surface area contributed by atoms with Gasteiger partial charge >= 0.3 is 0 Å². The zero-order valence-electron chi connectivity index (χ0n) is 9.99. The fourth-order valence-corrected chi connectivity index (χ4v) is 3.33. The maximum Gasteiger partial charge on any atom is 0.143 e. The average Bonchev–Trinajstić information content (AvgIpc) is 3.10. The van der Waals surface area contributed by atoms with Crippen molar-refractivity contribution < 1.29 is 0 Å². The minimum Gasteiger partial charge on any atom is -0.385 e. The Morgan fingerprint density at radius 2 is 2.44 bits per heavy atom. The molecule has 1 saturated heterocycles. The summed E-state index contributed by atoms with van der Waals surface area (Å²) in [5.41, 5.74) is 2.10. The Balaban J connectivity index is 1.67. The van der Waals surface area contributed by atoms with Crippen LogP contribution in [0, 0.1) is 5.92 Å². The van der Waals surface area contributed by atoms with Crippen LogP contribution in [0.2, 0.25) is 0 Å². The lowest BCUT2D eigenvalue weighted by Gasteiger charge is -2.12. The lowest BCUT2D eigenvalue weighted by atomic mass is 10.1. The summed E-state index contributed by atoms with van der Waals surface area (Å²) in [7, 11) is 0. The Hall–Kier alpha value is -1.56. The summed E-state index contributed by atoms with van der Waals surface area (Å²) >= 11 is 2.05. The van der Waals surface area contributed by atoms with Gasteiger partial charge in [-0.05, 0) is 52.5 Å². The van der Waals surface area contributed by atoms with Crippen LogP contribution in [0.3, 0.4) is 0 Å². The third-order valence-corrected chi connectivity index (χ3v) is 4.31. The van der Waals surface area contributed by atoms with E-state index in [1.807, 2.05) is 23.9 Å². The summed E-state index contributed by atoms with van der Waals surface area (Å²) in [5, 5.41) is 14.7. The van der Waals surface area contributed by atoms with Crippen molar-refractivity contribution in [1.29, 1.82) is 0 Å². The molecule has 2 aromatic rings. The van der Waals surface area contributed by atoms with E-state index in [9.17, 15) is 0 Å². The minimum atomic E-state index is 0.798. The highest BCUT2D eigenvalue weighted by molar-refractivity contribution is 7.99. The fourth-order valence-electron chi connectivity index (χ4n) is 2.04. The Morgan fingerprint density at radius 3 is 3.22 bits per heavy atom. The van der Waals surface area contributed by atoms with Crippen molar-refractivity contribution in [2.75, 3.05) is 23.4 Å².